The van der Waals surface area contributed by atoms with Gasteiger partial charge in [0.1, 0.15) is 6.04 Å². The summed E-state index contributed by atoms with van der Waals surface area (Å²) in [5.74, 6) is -0.629. The topological polar surface area (TPSA) is 81.8 Å². The summed E-state index contributed by atoms with van der Waals surface area (Å²) in [4.78, 5) is 11.2. The molecule has 0 bridgehead atoms. The van der Waals surface area contributed by atoms with Crippen molar-refractivity contribution in [3.63, 3.8) is 0 Å². The van der Waals surface area contributed by atoms with Gasteiger partial charge in [-0.2, -0.15) is 0 Å². The number of carbonyl (C=O) groups excluding carboxylic acids is 1. The van der Waals surface area contributed by atoms with Crippen molar-refractivity contribution in [2.24, 2.45) is 5.73 Å². The quantitative estimate of drug-likeness (QED) is 0.824. The zero-order valence-electron chi connectivity index (χ0n) is 9.27. The van der Waals surface area contributed by atoms with Crippen LogP contribution in [-0.2, 0) is 9.53 Å². The van der Waals surface area contributed by atoms with Crippen molar-refractivity contribution in [3.8, 4) is 11.5 Å². The summed E-state index contributed by atoms with van der Waals surface area (Å²) in [6.07, 6.45) is 0. The van der Waals surface area contributed by atoms with Gasteiger partial charge in [-0.1, -0.05) is 11.6 Å². The van der Waals surface area contributed by atoms with Gasteiger partial charge in [-0.25, -0.2) is 0 Å². The molecule has 0 heterocycles. The molecule has 3 N–H and O–H groups in total. The summed E-state index contributed by atoms with van der Waals surface area (Å²) in [6.45, 7) is 0. The second-order valence-corrected chi connectivity index (χ2v) is 3.46. The maximum atomic E-state index is 11.2. The number of hydrogen-bond donors (Lipinski definition) is 2. The lowest BCUT2D eigenvalue weighted by Crippen LogP contribution is -2.22. The van der Waals surface area contributed by atoms with Gasteiger partial charge in [-0.05, 0) is 17.7 Å². The zero-order chi connectivity index (χ0) is 12.3. The molecule has 1 aromatic carbocycles. The van der Waals surface area contributed by atoms with Crippen LogP contribution < -0.4 is 10.5 Å². The molecule has 1 atom stereocenters. The maximum Gasteiger partial charge on any atom is 0.327 e. The molecule has 0 unspecified atom stereocenters. The third-order valence-electron chi connectivity index (χ3n) is 2.08. The van der Waals surface area contributed by atoms with Crippen LogP contribution >= 0.6 is 24.0 Å². The molecule has 0 fully saturated rings. The van der Waals surface area contributed by atoms with Crippen LogP contribution in [0.4, 0.5) is 0 Å². The van der Waals surface area contributed by atoms with Crippen molar-refractivity contribution in [1.82, 2.24) is 0 Å². The van der Waals surface area contributed by atoms with Crippen LogP contribution in [0.2, 0.25) is 5.02 Å². The molecule has 0 aromatic heterocycles. The highest BCUT2D eigenvalue weighted by Crippen LogP contribution is 2.36. The van der Waals surface area contributed by atoms with E-state index >= 15 is 0 Å². The molecule has 96 valence electrons. The molecule has 0 spiro atoms. The Hall–Kier alpha value is -1.17. The summed E-state index contributed by atoms with van der Waals surface area (Å²) in [5, 5.41) is 9.55. The lowest BCUT2D eigenvalue weighted by Gasteiger charge is -2.12. The van der Waals surface area contributed by atoms with Crippen molar-refractivity contribution in [1.29, 1.82) is 0 Å². The van der Waals surface area contributed by atoms with E-state index < -0.39 is 12.0 Å². The molecule has 0 saturated heterocycles. The number of rotatable bonds is 3. The molecular formula is C10H13Cl2NO4. The minimum atomic E-state index is -0.961. The van der Waals surface area contributed by atoms with E-state index in [9.17, 15) is 9.90 Å². The molecule has 0 aliphatic heterocycles. The van der Waals surface area contributed by atoms with Crippen molar-refractivity contribution in [2.45, 2.75) is 6.04 Å². The van der Waals surface area contributed by atoms with E-state index in [0.29, 0.717) is 5.56 Å². The summed E-state index contributed by atoms with van der Waals surface area (Å²) in [5.41, 5.74) is 6.03. The monoisotopic (exact) mass is 281 g/mol. The lowest BCUT2D eigenvalue weighted by molar-refractivity contribution is -0.142. The number of phenolic OH excluding ortho intramolecular Hbond substituents is 1. The lowest BCUT2D eigenvalue weighted by atomic mass is 10.1. The van der Waals surface area contributed by atoms with Gasteiger partial charge in [0.05, 0.1) is 19.2 Å². The smallest absolute Gasteiger partial charge is 0.327 e. The van der Waals surface area contributed by atoms with E-state index in [1.165, 1.54) is 26.4 Å². The highest BCUT2D eigenvalue weighted by atomic mass is 35.5. The Morgan fingerprint density at radius 3 is 2.53 bits per heavy atom. The van der Waals surface area contributed by atoms with Gasteiger partial charge in [0.25, 0.3) is 0 Å². The number of aromatic hydroxyl groups is 1. The van der Waals surface area contributed by atoms with Crippen molar-refractivity contribution >= 4 is 30.0 Å². The summed E-state index contributed by atoms with van der Waals surface area (Å²) < 4.78 is 9.39. The molecular weight excluding hydrogens is 269 g/mol. The standard InChI is InChI=1S/C10H12ClNO4.ClH/c1-15-7-4-5(3-6(11)9(7)13)8(12)10(14)16-2;/h3-4,8,13H,12H2,1-2H3;1H/t8-;/m1./s1. The Bertz CT molecular complexity index is 412. The fourth-order valence-corrected chi connectivity index (χ4v) is 1.41. The summed E-state index contributed by atoms with van der Waals surface area (Å²) in [7, 11) is 2.61. The van der Waals surface area contributed by atoms with Crippen molar-refractivity contribution in [2.75, 3.05) is 14.2 Å². The van der Waals surface area contributed by atoms with E-state index in [1.807, 2.05) is 0 Å². The molecule has 1 rings (SSSR count). The Morgan fingerprint density at radius 1 is 1.47 bits per heavy atom. The van der Waals surface area contributed by atoms with Crippen LogP contribution in [0.15, 0.2) is 12.1 Å². The second-order valence-electron chi connectivity index (χ2n) is 3.05. The number of carbonyl (C=O) groups is 1. The third-order valence-corrected chi connectivity index (χ3v) is 2.37. The van der Waals surface area contributed by atoms with Gasteiger partial charge in [-0.15, -0.1) is 12.4 Å². The predicted octanol–water partition coefficient (Wildman–Crippen LogP) is 1.65. The number of esters is 1. The Kier molecular flexibility index (Phi) is 6.09. The number of methoxy groups -OCH3 is 2. The zero-order valence-corrected chi connectivity index (χ0v) is 10.8. The molecule has 0 saturated carbocycles. The highest BCUT2D eigenvalue weighted by Gasteiger charge is 2.19. The highest BCUT2D eigenvalue weighted by molar-refractivity contribution is 6.32. The molecule has 0 aliphatic rings. The minimum Gasteiger partial charge on any atom is -0.503 e. The number of nitrogens with two attached hydrogens (primary N) is 1. The fraction of sp³-hybridized carbons (Fsp3) is 0.300. The molecule has 0 amide bonds. The first-order valence-corrected chi connectivity index (χ1v) is 4.78. The average molecular weight is 282 g/mol. The minimum absolute atomic E-state index is 0. The van der Waals surface area contributed by atoms with Crippen molar-refractivity contribution < 1.29 is 19.4 Å². The number of hydrogen-bond acceptors (Lipinski definition) is 5. The van der Waals surface area contributed by atoms with Gasteiger partial charge in [0.2, 0.25) is 0 Å². The Balaban J connectivity index is 0.00000256. The van der Waals surface area contributed by atoms with E-state index in [1.54, 1.807) is 0 Å². The van der Waals surface area contributed by atoms with E-state index in [-0.39, 0.29) is 28.9 Å². The van der Waals surface area contributed by atoms with Crippen LogP contribution in [0.1, 0.15) is 11.6 Å². The van der Waals surface area contributed by atoms with Gasteiger partial charge >= 0.3 is 5.97 Å². The van der Waals surface area contributed by atoms with Crippen LogP contribution in [0, 0.1) is 0 Å². The van der Waals surface area contributed by atoms with E-state index in [0.717, 1.165) is 0 Å². The molecule has 0 aliphatic carbocycles. The first kappa shape index (κ1) is 15.8. The summed E-state index contributed by atoms with van der Waals surface area (Å²) >= 11 is 5.75. The number of benzene rings is 1. The van der Waals surface area contributed by atoms with Gasteiger partial charge in [-0.3, -0.25) is 4.79 Å². The van der Waals surface area contributed by atoms with E-state index in [4.69, 9.17) is 22.1 Å². The Labute approximate surface area is 110 Å². The molecule has 0 radical (unpaired) electrons. The maximum absolute atomic E-state index is 11.2. The first-order valence-electron chi connectivity index (χ1n) is 4.41. The normalized spacial score (nSPS) is 11.3. The van der Waals surface area contributed by atoms with Crippen LogP contribution in [0.25, 0.3) is 0 Å². The van der Waals surface area contributed by atoms with Gasteiger partial charge in [0, 0.05) is 0 Å². The molecule has 7 heteroatoms. The van der Waals surface area contributed by atoms with Crippen LogP contribution in [-0.4, -0.2) is 25.3 Å². The fourth-order valence-electron chi connectivity index (χ4n) is 1.19. The molecule has 1 aromatic rings. The Morgan fingerprint density at radius 2 is 2.06 bits per heavy atom. The predicted molar refractivity (Wildman–Crippen MR) is 65.9 cm³/mol. The van der Waals surface area contributed by atoms with Gasteiger partial charge < -0.3 is 20.3 Å². The van der Waals surface area contributed by atoms with Crippen molar-refractivity contribution in [3.05, 3.63) is 22.7 Å². The first-order chi connectivity index (χ1) is 7.51. The summed E-state index contributed by atoms with van der Waals surface area (Å²) in [6, 6.07) is 1.86. The van der Waals surface area contributed by atoms with Gasteiger partial charge in [0.15, 0.2) is 11.5 Å². The molecule has 17 heavy (non-hydrogen) atoms. The largest absolute Gasteiger partial charge is 0.503 e. The number of halogens is 2. The number of ether oxygens (including phenoxy) is 2. The second kappa shape index (κ2) is 6.54. The van der Waals surface area contributed by atoms with Crippen LogP contribution in [0.5, 0.6) is 11.5 Å². The SMILES string of the molecule is COC(=O)[C@H](N)c1cc(Cl)c(O)c(OC)c1.Cl. The molecule has 5 nitrogen and oxygen atoms in total. The van der Waals surface area contributed by atoms with Crippen LogP contribution in [0.3, 0.4) is 0 Å². The van der Waals surface area contributed by atoms with E-state index in [2.05, 4.69) is 4.74 Å². The average Bonchev–Trinajstić information content (AvgIpc) is 2.30. The number of phenols is 1. The third kappa shape index (κ3) is 3.39.